The Balaban J connectivity index is 1.63. The Morgan fingerprint density at radius 2 is 2.24 bits per heavy atom. The minimum absolute atomic E-state index is 0.0377. The minimum Gasteiger partial charge on any atom is -0.398 e. The van der Waals surface area contributed by atoms with Gasteiger partial charge in [-0.1, -0.05) is 6.92 Å². The monoisotopic (exact) mass is 337 g/mol. The van der Waals surface area contributed by atoms with Crippen LogP contribution in [-0.4, -0.2) is 17.3 Å². The van der Waals surface area contributed by atoms with Crippen LogP contribution < -0.4 is 11.1 Å². The molecule has 1 aromatic carbocycles. The molecule has 2 aliphatic carbocycles. The molecule has 5 heteroatoms. The van der Waals surface area contributed by atoms with Gasteiger partial charge < -0.3 is 11.1 Å². The highest BCUT2D eigenvalue weighted by Crippen LogP contribution is 2.78. The molecule has 5 rings (SSSR count). The van der Waals surface area contributed by atoms with E-state index in [0.717, 1.165) is 12.4 Å². The summed E-state index contributed by atoms with van der Waals surface area (Å²) in [7, 11) is 0. The number of benzene rings is 1. The normalized spacial score (nSPS) is 31.1. The van der Waals surface area contributed by atoms with Gasteiger partial charge >= 0.3 is 0 Å². The second-order valence-electron chi connectivity index (χ2n) is 8.16. The molecule has 0 saturated heterocycles. The quantitative estimate of drug-likeness (QED) is 0.647. The molecule has 3 atom stereocenters. The number of carbonyl (C=O) groups is 1. The molecule has 25 heavy (non-hydrogen) atoms. The van der Waals surface area contributed by atoms with Gasteiger partial charge in [0.1, 0.15) is 11.6 Å². The van der Waals surface area contributed by atoms with Crippen molar-refractivity contribution in [1.29, 1.82) is 0 Å². The smallest absolute Gasteiger partial charge is 0.164 e. The highest BCUT2D eigenvalue weighted by molar-refractivity contribution is 6.00. The van der Waals surface area contributed by atoms with Gasteiger partial charge in [0.05, 0.1) is 5.56 Å². The van der Waals surface area contributed by atoms with Gasteiger partial charge in [0.2, 0.25) is 0 Å². The summed E-state index contributed by atoms with van der Waals surface area (Å²) in [6.07, 6.45) is 4.11. The van der Waals surface area contributed by atoms with Gasteiger partial charge in [-0.2, -0.15) is 0 Å². The van der Waals surface area contributed by atoms with E-state index in [0.29, 0.717) is 22.5 Å². The van der Waals surface area contributed by atoms with Crippen molar-refractivity contribution in [1.82, 2.24) is 4.98 Å². The first-order chi connectivity index (χ1) is 11.9. The number of ketones is 1. The first-order valence-electron chi connectivity index (χ1n) is 8.69. The summed E-state index contributed by atoms with van der Waals surface area (Å²) in [4.78, 5) is 16.3. The van der Waals surface area contributed by atoms with Crippen LogP contribution in [0.2, 0.25) is 0 Å². The molecule has 0 amide bonds. The lowest BCUT2D eigenvalue weighted by Crippen LogP contribution is -2.43. The number of hydrogen-bond donors (Lipinski definition) is 2. The van der Waals surface area contributed by atoms with Crippen LogP contribution in [0.15, 0.2) is 24.4 Å². The third kappa shape index (κ3) is 1.76. The first-order valence-corrected chi connectivity index (χ1v) is 8.69. The average molecular weight is 337 g/mol. The van der Waals surface area contributed by atoms with Gasteiger partial charge in [0.15, 0.2) is 5.78 Å². The van der Waals surface area contributed by atoms with Crippen LogP contribution in [0.5, 0.6) is 0 Å². The van der Waals surface area contributed by atoms with Crippen molar-refractivity contribution in [2.75, 3.05) is 17.6 Å². The number of pyridine rings is 1. The highest BCUT2D eigenvalue weighted by Gasteiger charge is 2.73. The van der Waals surface area contributed by atoms with Gasteiger partial charge in [-0.05, 0) is 49.3 Å². The number of Topliss-reactive ketones (excluding diaryl/α,β-unsaturated/α-hetero) is 1. The number of fused-ring (bicyclic) bond motifs is 4. The van der Waals surface area contributed by atoms with Crippen LogP contribution in [0, 0.1) is 17.2 Å². The lowest BCUT2D eigenvalue weighted by molar-refractivity contribution is 0.101. The summed E-state index contributed by atoms with van der Waals surface area (Å²) in [6.45, 7) is 4.60. The van der Waals surface area contributed by atoms with E-state index in [2.05, 4.69) is 23.3 Å². The molecule has 3 N–H and O–H groups in total. The van der Waals surface area contributed by atoms with Crippen LogP contribution in [0.3, 0.4) is 0 Å². The molecule has 1 unspecified atom stereocenters. The van der Waals surface area contributed by atoms with Crippen molar-refractivity contribution < 1.29 is 9.18 Å². The standard InChI is InChI=1S/C20H20FN3O/c1-10(25)16-14(22)4-3-12(17(16)21)11-5-13-18(23-7-11)24-9-20(13)8-19(2)6-15(19)20/h3-5,7,15H,6,8-9,22H2,1-2H3,(H,23,24)/t15?,19-,20+/m0/s1. The maximum atomic E-state index is 14.9. The van der Waals surface area contributed by atoms with E-state index in [1.54, 1.807) is 18.3 Å². The van der Waals surface area contributed by atoms with E-state index in [9.17, 15) is 9.18 Å². The number of nitrogen functional groups attached to an aromatic ring is 1. The lowest BCUT2D eigenvalue weighted by atomic mass is 9.60. The number of carbonyl (C=O) groups excluding carboxylic acids is 1. The van der Waals surface area contributed by atoms with E-state index in [1.165, 1.54) is 25.3 Å². The number of nitrogens with two attached hydrogens (primary N) is 1. The van der Waals surface area contributed by atoms with Crippen molar-refractivity contribution in [3.05, 3.63) is 41.3 Å². The Morgan fingerprint density at radius 1 is 1.44 bits per heavy atom. The Bertz CT molecular complexity index is 956. The Morgan fingerprint density at radius 3 is 2.88 bits per heavy atom. The number of aromatic nitrogens is 1. The Kier molecular flexibility index (Phi) is 2.61. The fourth-order valence-electron chi connectivity index (χ4n) is 5.29. The first kappa shape index (κ1) is 14.9. The molecular formula is C20H20FN3O. The third-order valence-electron chi connectivity index (χ3n) is 6.57. The summed E-state index contributed by atoms with van der Waals surface area (Å²) in [5.41, 5.74) is 8.86. The summed E-state index contributed by atoms with van der Waals surface area (Å²) in [5.74, 6) is 0.700. The zero-order chi connectivity index (χ0) is 17.6. The van der Waals surface area contributed by atoms with E-state index < -0.39 is 5.82 Å². The Labute approximate surface area is 145 Å². The predicted molar refractivity (Wildman–Crippen MR) is 95.0 cm³/mol. The van der Waals surface area contributed by atoms with Crippen molar-refractivity contribution in [2.24, 2.45) is 11.3 Å². The summed E-state index contributed by atoms with van der Waals surface area (Å²) < 4.78 is 14.9. The van der Waals surface area contributed by atoms with Crippen LogP contribution in [0.4, 0.5) is 15.9 Å². The number of nitrogens with one attached hydrogen (secondary N) is 1. The fraction of sp³-hybridized carbons (Fsp3) is 0.400. The Hall–Kier alpha value is -2.43. The highest BCUT2D eigenvalue weighted by atomic mass is 19.1. The van der Waals surface area contributed by atoms with Crippen molar-refractivity contribution >= 4 is 17.3 Å². The topological polar surface area (TPSA) is 68.0 Å². The lowest BCUT2D eigenvalue weighted by Gasteiger charge is -2.43. The maximum Gasteiger partial charge on any atom is 0.164 e. The molecule has 0 radical (unpaired) electrons. The van der Waals surface area contributed by atoms with Crippen molar-refractivity contribution in [3.8, 4) is 11.1 Å². The van der Waals surface area contributed by atoms with Crippen molar-refractivity contribution in [3.63, 3.8) is 0 Å². The summed E-state index contributed by atoms with van der Waals surface area (Å²) >= 11 is 0. The maximum absolute atomic E-state index is 14.9. The second kappa shape index (κ2) is 4.40. The largest absolute Gasteiger partial charge is 0.398 e. The fourth-order valence-corrected chi connectivity index (χ4v) is 5.29. The van der Waals surface area contributed by atoms with Gasteiger partial charge in [0.25, 0.3) is 0 Å². The zero-order valence-electron chi connectivity index (χ0n) is 14.3. The van der Waals surface area contributed by atoms with Gasteiger partial charge in [-0.15, -0.1) is 0 Å². The molecule has 1 aliphatic heterocycles. The van der Waals surface area contributed by atoms with Gasteiger partial charge in [0, 0.05) is 40.5 Å². The van der Waals surface area contributed by atoms with Crippen LogP contribution >= 0.6 is 0 Å². The zero-order valence-corrected chi connectivity index (χ0v) is 14.3. The number of rotatable bonds is 2. The van der Waals surface area contributed by atoms with E-state index in [-0.39, 0.29) is 22.4 Å². The molecule has 128 valence electrons. The average Bonchev–Trinajstić information content (AvgIpc) is 2.96. The molecule has 2 heterocycles. The SMILES string of the molecule is CC(=O)c1c(N)ccc(-c2cnc3c(c2)[C@]2(CN3)C[C@]3(C)CC32)c1F. The molecule has 4 nitrogen and oxygen atoms in total. The summed E-state index contributed by atoms with van der Waals surface area (Å²) in [5, 5.41) is 3.42. The molecule has 3 aliphatic rings. The molecule has 2 fully saturated rings. The van der Waals surface area contributed by atoms with Crippen LogP contribution in [0.25, 0.3) is 11.1 Å². The number of halogens is 1. The molecule has 2 saturated carbocycles. The third-order valence-corrected chi connectivity index (χ3v) is 6.57. The van der Waals surface area contributed by atoms with Gasteiger partial charge in [-0.3, -0.25) is 4.79 Å². The number of anilines is 2. The minimum atomic E-state index is -0.556. The second-order valence-corrected chi connectivity index (χ2v) is 8.16. The molecule has 0 bridgehead atoms. The molecule has 1 spiro atoms. The van der Waals surface area contributed by atoms with E-state index in [4.69, 9.17) is 5.73 Å². The predicted octanol–water partition coefficient (Wildman–Crippen LogP) is 3.77. The number of hydrogen-bond acceptors (Lipinski definition) is 4. The number of nitrogens with zero attached hydrogens (tertiary/aromatic N) is 1. The van der Waals surface area contributed by atoms with E-state index in [1.807, 2.05) is 0 Å². The van der Waals surface area contributed by atoms with Gasteiger partial charge in [-0.25, -0.2) is 9.37 Å². The molecular weight excluding hydrogens is 317 g/mol. The van der Waals surface area contributed by atoms with E-state index >= 15 is 0 Å². The molecule has 1 aromatic heterocycles. The van der Waals surface area contributed by atoms with Crippen molar-refractivity contribution in [2.45, 2.75) is 32.1 Å². The summed E-state index contributed by atoms with van der Waals surface area (Å²) in [6, 6.07) is 5.29. The van der Waals surface area contributed by atoms with Crippen LogP contribution in [-0.2, 0) is 5.41 Å². The molecule has 2 aromatic rings. The van der Waals surface area contributed by atoms with Crippen LogP contribution in [0.1, 0.15) is 42.6 Å².